The van der Waals surface area contributed by atoms with Crippen LogP contribution in [0.2, 0.25) is 10.1 Å². The number of nitrogens with two attached hydrogens (primary N) is 1. The zero-order valence-corrected chi connectivity index (χ0v) is 88.6. The van der Waals surface area contributed by atoms with Crippen LogP contribution in [0.1, 0.15) is 487 Å². The van der Waals surface area contributed by atoms with Gasteiger partial charge in [0, 0.05) is 6.42 Å². The molecule has 8 N–H and O–H groups in total. The molecule has 4 aromatic carbocycles. The highest BCUT2D eigenvalue weighted by molar-refractivity contribution is 7.00. The molecule has 0 aliphatic rings. The van der Waals surface area contributed by atoms with Gasteiger partial charge in [-0.05, 0) is 88.7 Å². The molecule has 12 heteroatoms. The molecule has 0 heterocycles. The maximum absolute atomic E-state index is 13.4. The average molecular weight is 1840 g/mol. The van der Waals surface area contributed by atoms with E-state index >= 15 is 0 Å². The van der Waals surface area contributed by atoms with Crippen LogP contribution in [0, 0.1) is 0 Å². The number of benzene rings is 4. The molecule has 130 heavy (non-hydrogen) atoms. The van der Waals surface area contributed by atoms with Gasteiger partial charge in [-0.3, -0.25) is 4.79 Å². The number of carbonyl (C=O) groups is 1. The number of allylic oxidation sites excluding steroid dienone is 3. The molecule has 4 aromatic rings. The Bertz CT molecular complexity index is 3080. The van der Waals surface area contributed by atoms with E-state index in [9.17, 15) is 25.2 Å². The van der Waals surface area contributed by atoms with Gasteiger partial charge in [0.15, 0.2) is 0 Å². The third-order valence-corrected chi connectivity index (χ3v) is 37.1. The van der Waals surface area contributed by atoms with Gasteiger partial charge in [0.2, 0.25) is 5.91 Å². The second-order valence-electron chi connectivity index (χ2n) is 40.8. The first-order chi connectivity index (χ1) is 63.4. The van der Waals surface area contributed by atoms with Crippen molar-refractivity contribution >= 4 is 43.3 Å². The molecule has 0 fully saturated rings. The highest BCUT2D eigenvalue weighted by atomic mass is 28.4. The lowest BCUT2D eigenvalue weighted by atomic mass is 10.0. The Balaban J connectivity index is 0.000000680. The zero-order chi connectivity index (χ0) is 94.6. The van der Waals surface area contributed by atoms with Crippen LogP contribution in [0.5, 0.6) is 0 Å². The van der Waals surface area contributed by atoms with E-state index in [0.29, 0.717) is 6.42 Å². The third-order valence-electron chi connectivity index (χ3n) is 27.0. The van der Waals surface area contributed by atoms with Crippen molar-refractivity contribution < 1.29 is 34.1 Å². The summed E-state index contributed by atoms with van der Waals surface area (Å²) in [7, 11) is -5.66. The molecule has 0 aliphatic heterocycles. The standard InChI is InChI=1S/C50H85NO3Si.C34H55NO2Si.C34H69NO2/c1-6-8-10-12-14-16-18-20-22-24-26-28-36-42-48(54-55(50(3,4)5,45-38-32-30-33-39-45)46-40-34-31-35-41-46)47(44-52)51-49(53)43-37-29-27-25-23-21-19-17-15-13-11-9-7-2;1-5-6-7-8-9-10-11-12-13-14-15-16-23-28-33(32(35)29-36)37-38(34(2,3)4,30-24-19-17-20-25-30)31-26-21-18-22-27-31;1-3-5-7-9-11-13-15-17-19-21-23-25-27-29-31-35-33(32-36)34(37)30-28-26-24-22-20-18-16-14-12-10-8-6-4-2/h30-36,38-42,47-48,52H,6-29,37,43-44H2,1-5H3,(H,51,53);17-28,32-33,36H,5-16,29,35H2,1-4H3;28,30,33-37H,3-27,29,31-32H2,1-2H3/b42-36+;28-23+;30-28+/t47-,48-;32-,33-;33-,34-/m000/s1. The van der Waals surface area contributed by atoms with Gasteiger partial charge in [0.1, 0.15) is 0 Å². The Morgan fingerprint density at radius 1 is 0.315 bits per heavy atom. The quantitative estimate of drug-likeness (QED) is 0.0129. The summed E-state index contributed by atoms with van der Waals surface area (Å²) in [5.41, 5.74) is 6.47. The number of unbranched alkanes of at least 4 members (excludes halogenated alkanes) is 58. The molecule has 0 bridgehead atoms. The summed E-state index contributed by atoms with van der Waals surface area (Å²) in [5, 5.41) is 52.1. The van der Waals surface area contributed by atoms with Gasteiger partial charge >= 0.3 is 0 Å². The normalized spacial score (nSPS) is 13.6. The van der Waals surface area contributed by atoms with Gasteiger partial charge in [-0.2, -0.15) is 0 Å². The van der Waals surface area contributed by atoms with Crippen molar-refractivity contribution in [2.24, 2.45) is 5.73 Å². The molecule has 0 saturated carbocycles. The summed E-state index contributed by atoms with van der Waals surface area (Å²) < 4.78 is 14.7. The molecule has 1 amide bonds. The van der Waals surface area contributed by atoms with E-state index in [1.54, 1.807) is 0 Å². The van der Waals surface area contributed by atoms with Crippen LogP contribution in [0.25, 0.3) is 0 Å². The lowest BCUT2D eigenvalue weighted by Crippen LogP contribution is -2.69. The molecule has 0 unspecified atom stereocenters. The smallest absolute Gasteiger partial charge is 0.261 e. The number of amides is 1. The van der Waals surface area contributed by atoms with Crippen molar-refractivity contribution in [1.82, 2.24) is 10.6 Å². The van der Waals surface area contributed by atoms with Crippen molar-refractivity contribution in [1.29, 1.82) is 0 Å². The monoisotopic (exact) mass is 1840 g/mol. The molecule has 10 nitrogen and oxygen atoms in total. The van der Waals surface area contributed by atoms with Crippen molar-refractivity contribution in [2.45, 2.75) is 534 Å². The number of nitrogens with one attached hydrogen (secondary N) is 2. The van der Waals surface area contributed by atoms with Crippen molar-refractivity contribution in [2.75, 3.05) is 26.4 Å². The Kier molecular flexibility index (Phi) is 78.7. The minimum Gasteiger partial charge on any atom is -0.399 e. The Labute approximate surface area is 806 Å². The van der Waals surface area contributed by atoms with E-state index in [2.05, 4.69) is 239 Å². The first-order valence-electron chi connectivity index (χ1n) is 55.3. The minimum atomic E-state index is -2.92. The molecule has 0 radical (unpaired) electrons. The Morgan fingerprint density at radius 2 is 0.546 bits per heavy atom. The number of rotatable bonds is 84. The average Bonchev–Trinajstić information content (AvgIpc) is 0.750. The zero-order valence-electron chi connectivity index (χ0n) is 86.6. The van der Waals surface area contributed by atoms with Crippen LogP contribution in [0.3, 0.4) is 0 Å². The highest BCUT2D eigenvalue weighted by Crippen LogP contribution is 2.40. The summed E-state index contributed by atoms with van der Waals surface area (Å²) >= 11 is 0. The van der Waals surface area contributed by atoms with Crippen LogP contribution >= 0.6 is 0 Å². The highest BCUT2D eigenvalue weighted by Gasteiger charge is 2.53. The SMILES string of the molecule is CCCCCCCCCCCCC/C=C/[C@H](O)[C@H](CO)NCCCCCCCCCCCCCCCC.CCCCCCCCCCCCC/C=C/[C@H](O[Si](c1ccccc1)(c1ccccc1)C(C)(C)C)[C@@H](N)CO.CCCCCCCCCCCCC/C=C/[C@H](O[Si](c1ccccc1)(c1ccccc1)C(C)(C)C)[C@H](CO)NC(=O)CCCCCCCCCCCCCCC. The largest absolute Gasteiger partial charge is 0.399 e. The van der Waals surface area contributed by atoms with Gasteiger partial charge in [-0.1, -0.05) is 587 Å². The van der Waals surface area contributed by atoms with E-state index in [4.69, 9.17) is 14.6 Å². The fraction of sp³-hybridized carbons (Fsp3) is 0.737. The predicted octanol–water partition coefficient (Wildman–Crippen LogP) is 30.7. The topological polar surface area (TPSA) is 167 Å². The number of hydrogen-bond acceptors (Lipinski definition) is 9. The van der Waals surface area contributed by atoms with E-state index in [-0.39, 0.29) is 48.0 Å². The van der Waals surface area contributed by atoms with Crippen LogP contribution in [-0.2, 0) is 13.6 Å². The first-order valence-corrected chi connectivity index (χ1v) is 59.1. The second kappa shape index (κ2) is 84.0. The lowest BCUT2D eigenvalue weighted by Gasteiger charge is -2.46. The van der Waals surface area contributed by atoms with Crippen LogP contribution in [0.15, 0.2) is 158 Å². The molecule has 4 rings (SSSR count). The Morgan fingerprint density at radius 3 is 0.800 bits per heavy atom. The van der Waals surface area contributed by atoms with Gasteiger partial charge in [-0.25, -0.2) is 0 Å². The maximum Gasteiger partial charge on any atom is 0.261 e. The van der Waals surface area contributed by atoms with Crippen molar-refractivity contribution in [3.05, 3.63) is 158 Å². The first kappa shape index (κ1) is 122. The third kappa shape index (κ3) is 58.3. The molecule has 0 saturated heterocycles. The maximum atomic E-state index is 13.4. The lowest BCUT2D eigenvalue weighted by molar-refractivity contribution is -0.122. The fourth-order valence-corrected chi connectivity index (χ4v) is 28.1. The van der Waals surface area contributed by atoms with Crippen molar-refractivity contribution in [3.63, 3.8) is 0 Å². The van der Waals surface area contributed by atoms with E-state index < -0.39 is 40.9 Å². The number of aliphatic hydroxyl groups is 4. The van der Waals surface area contributed by atoms with Crippen molar-refractivity contribution in [3.8, 4) is 0 Å². The van der Waals surface area contributed by atoms with Gasteiger partial charge in [0.05, 0.1) is 56.3 Å². The van der Waals surface area contributed by atoms with E-state index in [1.165, 1.54) is 380 Å². The summed E-state index contributed by atoms with van der Waals surface area (Å²) in [4.78, 5) is 13.4. The predicted molar refractivity (Wildman–Crippen MR) is 575 cm³/mol. The summed E-state index contributed by atoms with van der Waals surface area (Å²) in [5.74, 6) is 0.0111. The molecule has 6 atom stereocenters. The van der Waals surface area contributed by atoms with Gasteiger partial charge in [-0.15, -0.1) is 0 Å². The fourth-order valence-electron chi connectivity index (χ4n) is 18.7. The summed E-state index contributed by atoms with van der Waals surface area (Å²) in [6.45, 7) is 25.7. The van der Waals surface area contributed by atoms with Crippen LogP contribution in [-0.4, -0.2) is 106 Å². The van der Waals surface area contributed by atoms with Gasteiger partial charge < -0.3 is 45.6 Å². The molecule has 746 valence electrons. The van der Waals surface area contributed by atoms with E-state index in [1.807, 2.05) is 6.08 Å². The van der Waals surface area contributed by atoms with Crippen LogP contribution in [0.4, 0.5) is 0 Å². The second-order valence-corrected chi connectivity index (χ2v) is 49.3. The molecule has 0 aliphatic carbocycles. The number of aliphatic hydroxyl groups excluding tert-OH is 4. The Hall–Kier alpha value is -4.32. The summed E-state index contributed by atoms with van der Waals surface area (Å²) in [6, 6.07) is 41.4. The molecule has 0 aromatic heterocycles. The molecule has 0 spiro atoms. The minimum absolute atomic E-state index is 0.0111. The van der Waals surface area contributed by atoms with E-state index in [0.717, 1.165) is 51.5 Å². The van der Waals surface area contributed by atoms with Crippen LogP contribution < -0.4 is 37.1 Å². The summed E-state index contributed by atoms with van der Waals surface area (Å²) in [6.07, 6.45) is 95.1. The van der Waals surface area contributed by atoms with Gasteiger partial charge in [0.25, 0.3) is 16.6 Å². The number of carbonyl (C=O) groups excluding carboxylic acids is 1. The number of hydrogen-bond donors (Lipinski definition) is 7. The molecular formula is C118H209N3O7Si2. The molecular weight excluding hydrogens is 1630 g/mol.